The number of aromatic hydroxyl groups is 3. The second-order valence-electron chi connectivity index (χ2n) is 14.0. The molecular formula is C38H49NO13. The van der Waals surface area contributed by atoms with Crippen molar-refractivity contribution < 1.29 is 63.7 Å². The van der Waals surface area contributed by atoms with Crippen molar-refractivity contribution in [2.45, 2.75) is 92.0 Å². The largest absolute Gasteiger partial charge is 0.507 e. The number of carbonyl (C=O) groups is 4. The average Bonchev–Trinajstić information content (AvgIpc) is 3.36. The molecule has 6 N–H and O–H groups in total. The summed E-state index contributed by atoms with van der Waals surface area (Å²) < 4.78 is 23.5. The summed E-state index contributed by atoms with van der Waals surface area (Å²) in [6.45, 7) is 12.2. The van der Waals surface area contributed by atoms with Gasteiger partial charge in [0.15, 0.2) is 12.0 Å². The van der Waals surface area contributed by atoms with E-state index < -0.39 is 105 Å². The van der Waals surface area contributed by atoms with Crippen LogP contribution in [0.15, 0.2) is 23.8 Å². The molecule has 0 radical (unpaired) electrons. The fourth-order valence-corrected chi connectivity index (χ4v) is 7.15. The monoisotopic (exact) mass is 727 g/mol. The normalized spacial score (nSPS) is 32.2. The first-order valence-electron chi connectivity index (χ1n) is 17.1. The molecule has 1 amide bonds. The Bertz CT molecular complexity index is 1820. The highest BCUT2D eigenvalue weighted by atomic mass is 16.7. The minimum Gasteiger partial charge on any atom is -0.507 e. The van der Waals surface area contributed by atoms with Crippen molar-refractivity contribution in [1.82, 2.24) is 0 Å². The molecule has 9 atom stereocenters. The molecule has 14 heteroatoms. The number of esters is 1. The zero-order valence-corrected chi connectivity index (χ0v) is 30.8. The third kappa shape index (κ3) is 7.25. The van der Waals surface area contributed by atoms with Crippen LogP contribution in [0.5, 0.6) is 23.0 Å². The molecule has 5 bridgehead atoms. The fraction of sp³-hybridized carbons (Fsp3) is 0.526. The lowest BCUT2D eigenvalue weighted by Gasteiger charge is -2.38. The Morgan fingerprint density at radius 2 is 1.63 bits per heavy atom. The molecule has 0 saturated heterocycles. The summed E-state index contributed by atoms with van der Waals surface area (Å²) in [5.41, 5.74) is -1.18. The van der Waals surface area contributed by atoms with E-state index in [2.05, 4.69) is 5.32 Å². The first kappa shape index (κ1) is 40.3. The molecule has 0 aromatic heterocycles. The van der Waals surface area contributed by atoms with E-state index >= 15 is 0 Å². The van der Waals surface area contributed by atoms with Gasteiger partial charge in [-0.15, -0.1) is 0 Å². The highest BCUT2D eigenvalue weighted by molar-refractivity contribution is 6.23. The number of Topliss-reactive ketones (excluding diaryl/α,β-unsaturated/α-hetero) is 1. The zero-order valence-electron chi connectivity index (χ0n) is 30.8. The average molecular weight is 728 g/mol. The maximum Gasteiger partial charge on any atom is 0.302 e. The van der Waals surface area contributed by atoms with E-state index in [4.69, 9.17) is 18.9 Å². The molecule has 3 aliphatic rings. The number of nitrogens with one attached hydrogen (secondary N) is 1. The van der Waals surface area contributed by atoms with Crippen molar-refractivity contribution in [3.05, 3.63) is 40.5 Å². The SMILES string of the molecule is CO[C@H]1CCO[C@@]2(C)Oc3c(C)c(O)c4c(O)c(c(C=O)c(O)c4c3C2=O)NC(=O)/C(C)=C\C=C\[C@H](C)[C@H](O)[C@@H](C)[C@@H](O)[C@@H](C)[C@H](OC(C)=O)[C@@H]1C. The van der Waals surface area contributed by atoms with Gasteiger partial charge in [0.05, 0.1) is 47.1 Å². The van der Waals surface area contributed by atoms with Crippen molar-refractivity contribution >= 4 is 40.4 Å². The van der Waals surface area contributed by atoms with E-state index in [0.717, 1.165) is 0 Å². The molecule has 0 aliphatic carbocycles. The van der Waals surface area contributed by atoms with Gasteiger partial charge in [-0.1, -0.05) is 45.9 Å². The summed E-state index contributed by atoms with van der Waals surface area (Å²) in [4.78, 5) is 51.9. The third-order valence-corrected chi connectivity index (χ3v) is 10.5. The van der Waals surface area contributed by atoms with Crippen LogP contribution in [0.2, 0.25) is 0 Å². The quantitative estimate of drug-likeness (QED) is 0.112. The van der Waals surface area contributed by atoms with Crippen molar-refractivity contribution in [3.63, 3.8) is 0 Å². The number of hydrogen-bond donors (Lipinski definition) is 6. The smallest absolute Gasteiger partial charge is 0.302 e. The Balaban J connectivity index is 1.89. The molecule has 0 fully saturated rings. The maximum absolute atomic E-state index is 14.1. The molecule has 14 nitrogen and oxygen atoms in total. The van der Waals surface area contributed by atoms with Crippen LogP contribution < -0.4 is 10.1 Å². The number of ether oxygens (including phenoxy) is 4. The minimum absolute atomic E-state index is 0.0198. The van der Waals surface area contributed by atoms with E-state index in [9.17, 15) is 44.7 Å². The van der Waals surface area contributed by atoms with Crippen LogP contribution >= 0.6 is 0 Å². The summed E-state index contributed by atoms with van der Waals surface area (Å²) in [5.74, 6) is -8.79. The summed E-state index contributed by atoms with van der Waals surface area (Å²) in [7, 11) is 1.46. The Labute approximate surface area is 302 Å². The molecular weight excluding hydrogens is 678 g/mol. The van der Waals surface area contributed by atoms with Crippen molar-refractivity contribution in [2.24, 2.45) is 23.7 Å². The number of ketones is 1. The van der Waals surface area contributed by atoms with Gasteiger partial charge >= 0.3 is 5.97 Å². The summed E-state index contributed by atoms with van der Waals surface area (Å²) in [6.07, 6.45) is 1.27. The van der Waals surface area contributed by atoms with Gasteiger partial charge in [-0.3, -0.25) is 19.2 Å². The number of hydrogen-bond acceptors (Lipinski definition) is 13. The third-order valence-electron chi connectivity index (χ3n) is 10.5. The maximum atomic E-state index is 14.1. The number of fused-ring (bicyclic) bond motifs is 15. The Morgan fingerprint density at radius 1 is 0.981 bits per heavy atom. The molecule has 2 aromatic carbocycles. The first-order chi connectivity index (χ1) is 24.3. The number of aliphatic hydroxyl groups excluding tert-OH is 2. The van der Waals surface area contributed by atoms with Gasteiger partial charge in [0.1, 0.15) is 23.4 Å². The number of aldehydes is 1. The number of aliphatic hydroxyl groups is 2. The van der Waals surface area contributed by atoms with Crippen LogP contribution in [0.3, 0.4) is 0 Å². The number of phenolic OH excluding ortho intramolecular Hbond substituents is 3. The number of phenols is 3. The summed E-state index contributed by atoms with van der Waals surface area (Å²) in [5, 5.41) is 58.3. The predicted molar refractivity (Wildman–Crippen MR) is 190 cm³/mol. The first-order valence-corrected chi connectivity index (χ1v) is 17.1. The molecule has 284 valence electrons. The topological polar surface area (TPSA) is 218 Å². The number of benzene rings is 2. The second kappa shape index (κ2) is 15.6. The lowest BCUT2D eigenvalue weighted by atomic mass is 9.78. The Morgan fingerprint density at radius 3 is 2.23 bits per heavy atom. The number of anilines is 1. The lowest BCUT2D eigenvalue weighted by Crippen LogP contribution is -2.47. The molecule has 52 heavy (non-hydrogen) atoms. The molecule has 0 saturated carbocycles. The number of amides is 1. The van der Waals surface area contributed by atoms with Crippen LogP contribution in [0, 0.1) is 30.6 Å². The number of rotatable bonds is 3. The van der Waals surface area contributed by atoms with Gasteiger partial charge in [0.25, 0.3) is 11.7 Å². The van der Waals surface area contributed by atoms with Gasteiger partial charge in [0.2, 0.25) is 5.78 Å². The van der Waals surface area contributed by atoms with Crippen LogP contribution in [0.25, 0.3) is 10.8 Å². The number of carbonyl (C=O) groups excluding carboxylic acids is 4. The lowest BCUT2D eigenvalue weighted by molar-refractivity contribution is -0.164. The van der Waals surface area contributed by atoms with Crippen molar-refractivity contribution in [1.29, 1.82) is 0 Å². The van der Waals surface area contributed by atoms with E-state index in [-0.39, 0.29) is 47.1 Å². The number of allylic oxidation sites excluding steroid dienone is 2. The predicted octanol–water partition coefficient (Wildman–Crippen LogP) is 4.44. The van der Waals surface area contributed by atoms with Crippen molar-refractivity contribution in [2.75, 3.05) is 19.0 Å². The molecule has 5 rings (SSSR count). The van der Waals surface area contributed by atoms with Crippen LogP contribution in [-0.2, 0) is 23.8 Å². The molecule has 3 heterocycles. The van der Waals surface area contributed by atoms with Gasteiger partial charge in [0, 0.05) is 61.2 Å². The summed E-state index contributed by atoms with van der Waals surface area (Å²) in [6, 6.07) is 0. The standard InChI is InChI=1S/C38H49NO13/c1-16-11-10-12-17(2)37(48)39-28-23(15-40)32(45)25-26(33(28)46)31(44)21(6)35-27(25)36(47)38(8,52-35)50-14-13-24(49-9)18(3)34(51-22(7)41)20(5)30(43)19(4)29(16)42/h10-12,15-16,18-20,24,29-30,34,42-46H,13-14H2,1-9H3,(H,39,48)/b11-10+,17-12-/t16-,18+,19+,20+,24-,29-,30+,34+,38-/m0/s1. The zero-order chi connectivity index (χ0) is 39.0. The van der Waals surface area contributed by atoms with E-state index in [1.165, 1.54) is 47.0 Å². The fourth-order valence-electron chi connectivity index (χ4n) is 7.15. The molecule has 2 aromatic rings. The summed E-state index contributed by atoms with van der Waals surface area (Å²) >= 11 is 0. The van der Waals surface area contributed by atoms with Crippen molar-refractivity contribution in [3.8, 4) is 23.0 Å². The molecule has 3 aliphatic heterocycles. The second-order valence-corrected chi connectivity index (χ2v) is 14.0. The van der Waals surface area contributed by atoms with Gasteiger partial charge in [-0.05, 0) is 20.3 Å². The highest BCUT2D eigenvalue weighted by Gasteiger charge is 2.49. The highest BCUT2D eigenvalue weighted by Crippen LogP contribution is 2.55. The Hall–Kier alpha value is -4.50. The van der Waals surface area contributed by atoms with Crippen LogP contribution in [0.1, 0.15) is 81.2 Å². The van der Waals surface area contributed by atoms with Gasteiger partial charge in [-0.2, -0.15) is 0 Å². The van der Waals surface area contributed by atoms with E-state index in [0.29, 0.717) is 0 Å². The van der Waals surface area contributed by atoms with E-state index in [1.54, 1.807) is 33.8 Å². The molecule has 0 unspecified atom stereocenters. The number of methoxy groups -OCH3 is 1. The Kier molecular flexibility index (Phi) is 12.1. The van der Waals surface area contributed by atoms with E-state index in [1.807, 2.05) is 0 Å². The minimum atomic E-state index is -1.99. The van der Waals surface area contributed by atoms with Crippen LogP contribution in [-0.4, -0.2) is 93.4 Å². The van der Waals surface area contributed by atoms with Gasteiger partial charge < -0.3 is 49.8 Å². The molecule has 0 spiro atoms. The van der Waals surface area contributed by atoms with Crippen LogP contribution in [0.4, 0.5) is 5.69 Å². The van der Waals surface area contributed by atoms with Gasteiger partial charge in [-0.25, -0.2) is 0 Å².